The van der Waals surface area contributed by atoms with Crippen LogP contribution in [0.15, 0.2) is 18.2 Å². The number of hydrogen-bond donors (Lipinski definition) is 1. The maximum atomic E-state index is 12.8. The van der Waals surface area contributed by atoms with Gasteiger partial charge in [0, 0.05) is 12.5 Å². The maximum absolute atomic E-state index is 12.8. The zero-order valence-corrected chi connectivity index (χ0v) is 9.72. The SMILES string of the molecule is [CH2]C(CO)c1ccc(CCC)c(C(F)(F)F)c1. The van der Waals surface area contributed by atoms with E-state index < -0.39 is 17.7 Å². The second-order valence-corrected chi connectivity index (χ2v) is 4.04. The molecule has 1 unspecified atom stereocenters. The van der Waals surface area contributed by atoms with Crippen LogP contribution in [0.4, 0.5) is 13.2 Å². The lowest BCUT2D eigenvalue weighted by atomic mass is 9.94. The van der Waals surface area contributed by atoms with Gasteiger partial charge in [0.15, 0.2) is 0 Å². The molecule has 0 amide bonds. The van der Waals surface area contributed by atoms with Crippen LogP contribution in [-0.4, -0.2) is 11.7 Å². The predicted octanol–water partition coefficient (Wildman–Crippen LogP) is 3.57. The summed E-state index contributed by atoms with van der Waals surface area (Å²) in [6.07, 6.45) is -3.29. The number of rotatable bonds is 4. The van der Waals surface area contributed by atoms with Gasteiger partial charge in [0.1, 0.15) is 0 Å². The summed E-state index contributed by atoms with van der Waals surface area (Å²) in [6.45, 7) is 5.19. The Morgan fingerprint density at radius 1 is 1.35 bits per heavy atom. The van der Waals surface area contributed by atoms with E-state index in [2.05, 4.69) is 6.92 Å². The van der Waals surface area contributed by atoms with Crippen LogP contribution in [0.1, 0.15) is 36.0 Å². The highest BCUT2D eigenvalue weighted by Gasteiger charge is 2.33. The van der Waals surface area contributed by atoms with Gasteiger partial charge in [0.05, 0.1) is 5.56 Å². The lowest BCUT2D eigenvalue weighted by Gasteiger charge is -2.16. The van der Waals surface area contributed by atoms with Gasteiger partial charge < -0.3 is 5.11 Å². The highest BCUT2D eigenvalue weighted by Crippen LogP contribution is 2.34. The van der Waals surface area contributed by atoms with Crippen molar-refractivity contribution in [2.75, 3.05) is 6.61 Å². The van der Waals surface area contributed by atoms with Crippen molar-refractivity contribution in [3.63, 3.8) is 0 Å². The Bertz CT molecular complexity index is 371. The highest BCUT2D eigenvalue weighted by molar-refractivity contribution is 5.36. The quantitative estimate of drug-likeness (QED) is 0.859. The Balaban J connectivity index is 3.19. The minimum atomic E-state index is -4.35. The molecule has 0 saturated carbocycles. The highest BCUT2D eigenvalue weighted by atomic mass is 19.4. The minimum absolute atomic E-state index is 0.260. The largest absolute Gasteiger partial charge is 0.416 e. The first-order chi connectivity index (χ1) is 7.90. The van der Waals surface area contributed by atoms with Gasteiger partial charge in [-0.25, -0.2) is 0 Å². The molecule has 17 heavy (non-hydrogen) atoms. The number of benzene rings is 1. The summed E-state index contributed by atoms with van der Waals surface area (Å²) in [5.74, 6) is -0.522. The normalized spacial score (nSPS) is 13.8. The molecule has 1 aromatic rings. The van der Waals surface area contributed by atoms with Crippen molar-refractivity contribution in [2.24, 2.45) is 0 Å². The smallest absolute Gasteiger partial charge is 0.396 e. The van der Waals surface area contributed by atoms with Crippen LogP contribution in [-0.2, 0) is 12.6 Å². The van der Waals surface area contributed by atoms with E-state index in [9.17, 15) is 13.2 Å². The number of aliphatic hydroxyl groups is 1. The summed E-state index contributed by atoms with van der Waals surface area (Å²) in [7, 11) is 0. The third-order valence-corrected chi connectivity index (χ3v) is 2.65. The Labute approximate surface area is 99.3 Å². The lowest BCUT2D eigenvalue weighted by molar-refractivity contribution is -0.138. The van der Waals surface area contributed by atoms with Crippen LogP contribution in [0.2, 0.25) is 0 Å². The topological polar surface area (TPSA) is 20.2 Å². The molecule has 0 saturated heterocycles. The summed E-state index contributed by atoms with van der Waals surface area (Å²) in [4.78, 5) is 0. The third-order valence-electron chi connectivity index (χ3n) is 2.65. The predicted molar refractivity (Wildman–Crippen MR) is 60.6 cm³/mol. The first-order valence-corrected chi connectivity index (χ1v) is 5.54. The fraction of sp³-hybridized carbons (Fsp3) is 0.462. The first kappa shape index (κ1) is 14.0. The molecule has 0 bridgehead atoms. The van der Waals surface area contributed by atoms with E-state index in [1.54, 1.807) is 6.07 Å². The van der Waals surface area contributed by atoms with Crippen molar-refractivity contribution in [2.45, 2.75) is 31.9 Å². The van der Waals surface area contributed by atoms with Gasteiger partial charge in [0.2, 0.25) is 0 Å². The van der Waals surface area contributed by atoms with E-state index in [4.69, 9.17) is 5.11 Å². The molecule has 0 heterocycles. The van der Waals surface area contributed by atoms with Crippen LogP contribution in [0, 0.1) is 6.92 Å². The van der Waals surface area contributed by atoms with Crippen molar-refractivity contribution >= 4 is 0 Å². The molecule has 0 aliphatic heterocycles. The van der Waals surface area contributed by atoms with E-state index in [1.807, 2.05) is 6.92 Å². The summed E-state index contributed by atoms with van der Waals surface area (Å²) in [5, 5.41) is 8.91. The van der Waals surface area contributed by atoms with Crippen molar-refractivity contribution in [3.8, 4) is 0 Å². The number of hydrogen-bond acceptors (Lipinski definition) is 1. The number of alkyl halides is 3. The van der Waals surface area contributed by atoms with Gasteiger partial charge in [-0.15, -0.1) is 0 Å². The molecule has 1 radical (unpaired) electrons. The molecule has 1 atom stereocenters. The summed E-state index contributed by atoms with van der Waals surface area (Å²) in [6, 6.07) is 4.18. The molecule has 1 rings (SSSR count). The second-order valence-electron chi connectivity index (χ2n) is 4.04. The van der Waals surface area contributed by atoms with Crippen molar-refractivity contribution in [1.29, 1.82) is 0 Å². The fourth-order valence-electron chi connectivity index (χ4n) is 1.70. The fourth-order valence-corrected chi connectivity index (χ4v) is 1.70. The van der Waals surface area contributed by atoms with E-state index >= 15 is 0 Å². The molecule has 0 aromatic heterocycles. The average molecular weight is 245 g/mol. The van der Waals surface area contributed by atoms with E-state index in [1.165, 1.54) is 6.07 Å². The van der Waals surface area contributed by atoms with Crippen LogP contribution < -0.4 is 0 Å². The zero-order chi connectivity index (χ0) is 13.1. The van der Waals surface area contributed by atoms with Gasteiger partial charge in [-0.3, -0.25) is 0 Å². The van der Waals surface area contributed by atoms with Crippen molar-refractivity contribution < 1.29 is 18.3 Å². The number of halogens is 3. The van der Waals surface area contributed by atoms with Crippen molar-refractivity contribution in [3.05, 3.63) is 41.8 Å². The van der Waals surface area contributed by atoms with E-state index in [0.29, 0.717) is 24.0 Å². The van der Waals surface area contributed by atoms with Gasteiger partial charge in [-0.2, -0.15) is 13.2 Å². The molecule has 0 fully saturated rings. The molecule has 4 heteroatoms. The molecule has 0 spiro atoms. The number of aryl methyl sites for hydroxylation is 1. The lowest BCUT2D eigenvalue weighted by Crippen LogP contribution is -2.11. The van der Waals surface area contributed by atoms with Gasteiger partial charge in [0.25, 0.3) is 0 Å². The number of aliphatic hydroxyl groups excluding tert-OH is 1. The molecule has 95 valence electrons. The van der Waals surface area contributed by atoms with Gasteiger partial charge >= 0.3 is 6.18 Å². The standard InChI is InChI=1S/C13H16F3O/c1-3-4-10-5-6-11(9(2)8-17)7-12(10)13(14,15)16/h5-7,9,17H,2-4,8H2,1H3. The first-order valence-electron chi connectivity index (χ1n) is 5.54. The molecular formula is C13H16F3O. The molecule has 1 nitrogen and oxygen atoms in total. The molecule has 1 N–H and O–H groups in total. The molecule has 0 aliphatic rings. The average Bonchev–Trinajstić information content (AvgIpc) is 2.27. The summed E-state index contributed by atoms with van der Waals surface area (Å²) < 4.78 is 38.5. The molecule has 1 aromatic carbocycles. The Kier molecular flexibility index (Phi) is 4.57. The van der Waals surface area contributed by atoms with Crippen LogP contribution in [0.25, 0.3) is 0 Å². The summed E-state index contributed by atoms with van der Waals surface area (Å²) in [5.41, 5.74) is 0.104. The Morgan fingerprint density at radius 3 is 2.47 bits per heavy atom. The minimum Gasteiger partial charge on any atom is -0.396 e. The van der Waals surface area contributed by atoms with E-state index in [-0.39, 0.29) is 6.61 Å². The Hall–Kier alpha value is -1.03. The zero-order valence-electron chi connectivity index (χ0n) is 9.72. The third kappa shape index (κ3) is 3.46. The van der Waals surface area contributed by atoms with Crippen LogP contribution in [0.3, 0.4) is 0 Å². The van der Waals surface area contributed by atoms with Gasteiger partial charge in [-0.05, 0) is 30.5 Å². The van der Waals surface area contributed by atoms with Crippen molar-refractivity contribution in [1.82, 2.24) is 0 Å². The Morgan fingerprint density at radius 2 is 2.00 bits per heavy atom. The van der Waals surface area contributed by atoms with E-state index in [0.717, 1.165) is 6.07 Å². The monoisotopic (exact) mass is 245 g/mol. The van der Waals surface area contributed by atoms with Gasteiger partial charge in [-0.1, -0.05) is 25.5 Å². The summed E-state index contributed by atoms with van der Waals surface area (Å²) >= 11 is 0. The van der Waals surface area contributed by atoms with Crippen LogP contribution >= 0.6 is 0 Å². The second kappa shape index (κ2) is 5.54. The molecular weight excluding hydrogens is 229 g/mol. The van der Waals surface area contributed by atoms with Crippen LogP contribution in [0.5, 0.6) is 0 Å². The molecule has 0 aliphatic carbocycles. The maximum Gasteiger partial charge on any atom is 0.416 e.